The molecule has 0 N–H and O–H groups in total. The van der Waals surface area contributed by atoms with Crippen LogP contribution in [0.3, 0.4) is 0 Å². The first-order valence-corrected chi connectivity index (χ1v) is 8.28. The minimum atomic E-state index is -0.0482. The second-order valence-electron chi connectivity index (χ2n) is 5.82. The fourth-order valence-corrected chi connectivity index (χ4v) is 2.95. The maximum atomic E-state index is 13.0. The summed E-state index contributed by atoms with van der Waals surface area (Å²) in [6.07, 6.45) is 2.03. The van der Waals surface area contributed by atoms with E-state index in [-0.39, 0.29) is 11.9 Å². The second-order valence-corrected chi connectivity index (χ2v) is 6.23. The van der Waals surface area contributed by atoms with Crippen molar-refractivity contribution in [1.29, 1.82) is 0 Å². The molecule has 126 valence electrons. The van der Waals surface area contributed by atoms with Crippen LogP contribution in [0.2, 0.25) is 5.02 Å². The molecular formula is C19H20ClNO3. The Hall–Kier alpha value is -2.20. The van der Waals surface area contributed by atoms with Crippen LogP contribution in [-0.4, -0.2) is 31.1 Å². The van der Waals surface area contributed by atoms with Crippen molar-refractivity contribution in [3.05, 3.63) is 58.6 Å². The molecule has 1 saturated carbocycles. The average Bonchev–Trinajstić information content (AvgIpc) is 3.44. The molecule has 2 aromatic carbocycles. The molecule has 3 rings (SSSR count). The van der Waals surface area contributed by atoms with E-state index in [1.807, 2.05) is 35.2 Å². The Morgan fingerprint density at radius 2 is 1.92 bits per heavy atom. The topological polar surface area (TPSA) is 38.8 Å². The molecule has 0 radical (unpaired) electrons. The lowest BCUT2D eigenvalue weighted by Gasteiger charge is -2.24. The van der Waals surface area contributed by atoms with E-state index >= 15 is 0 Å². The van der Waals surface area contributed by atoms with Crippen molar-refractivity contribution < 1.29 is 14.3 Å². The predicted octanol–water partition coefficient (Wildman–Crippen LogP) is 4.16. The molecule has 1 aliphatic rings. The maximum absolute atomic E-state index is 13.0. The zero-order chi connectivity index (χ0) is 17.1. The monoisotopic (exact) mass is 345 g/mol. The fourth-order valence-electron chi connectivity index (χ4n) is 2.73. The number of rotatable bonds is 6. The van der Waals surface area contributed by atoms with Gasteiger partial charge < -0.3 is 14.4 Å². The van der Waals surface area contributed by atoms with Gasteiger partial charge >= 0.3 is 0 Å². The van der Waals surface area contributed by atoms with E-state index in [0.29, 0.717) is 17.1 Å². The minimum Gasteiger partial charge on any atom is -0.497 e. The number of benzene rings is 2. The van der Waals surface area contributed by atoms with Crippen LogP contribution in [0.5, 0.6) is 11.5 Å². The standard InChI is InChI=1S/C19H20ClNO3/c1-23-15-9-10-18(24-2)13(11-15)12-21(14-7-8-14)19(22)16-5-3-4-6-17(16)20/h3-6,9-11,14H,7-8,12H2,1-2H3. The van der Waals surface area contributed by atoms with Crippen molar-refractivity contribution in [3.8, 4) is 11.5 Å². The summed E-state index contributed by atoms with van der Waals surface area (Å²) < 4.78 is 10.7. The van der Waals surface area contributed by atoms with Gasteiger partial charge in [-0.3, -0.25) is 4.79 Å². The lowest BCUT2D eigenvalue weighted by atomic mass is 10.1. The summed E-state index contributed by atoms with van der Waals surface area (Å²) in [4.78, 5) is 14.8. The van der Waals surface area contributed by atoms with Gasteiger partial charge in [-0.15, -0.1) is 0 Å². The number of hydrogen-bond acceptors (Lipinski definition) is 3. The van der Waals surface area contributed by atoms with Crippen molar-refractivity contribution in [3.63, 3.8) is 0 Å². The number of halogens is 1. The summed E-state index contributed by atoms with van der Waals surface area (Å²) in [6.45, 7) is 0.467. The molecule has 0 bridgehead atoms. The highest BCUT2D eigenvalue weighted by Gasteiger charge is 2.34. The molecule has 0 aliphatic heterocycles. The lowest BCUT2D eigenvalue weighted by Crippen LogP contribution is -2.33. The molecule has 1 fully saturated rings. The largest absolute Gasteiger partial charge is 0.497 e. The number of methoxy groups -OCH3 is 2. The van der Waals surface area contributed by atoms with Crippen molar-refractivity contribution in [1.82, 2.24) is 4.90 Å². The zero-order valence-corrected chi connectivity index (χ0v) is 14.5. The van der Waals surface area contributed by atoms with Crippen LogP contribution in [-0.2, 0) is 6.54 Å². The summed E-state index contributed by atoms with van der Waals surface area (Å²) in [7, 11) is 3.25. The van der Waals surface area contributed by atoms with Gasteiger partial charge in [-0.2, -0.15) is 0 Å². The Kier molecular flexibility index (Phi) is 4.95. The highest BCUT2D eigenvalue weighted by atomic mass is 35.5. The molecule has 1 aliphatic carbocycles. The third-order valence-corrected chi connectivity index (χ3v) is 4.51. The molecule has 0 aromatic heterocycles. The molecule has 0 unspecified atom stereocenters. The van der Waals surface area contributed by atoms with Crippen molar-refractivity contribution >= 4 is 17.5 Å². The fraction of sp³-hybridized carbons (Fsp3) is 0.316. The van der Waals surface area contributed by atoms with E-state index in [1.54, 1.807) is 26.4 Å². The Bertz CT molecular complexity index is 743. The maximum Gasteiger partial charge on any atom is 0.255 e. The van der Waals surface area contributed by atoms with E-state index < -0.39 is 0 Å². The van der Waals surface area contributed by atoms with Gasteiger partial charge in [-0.05, 0) is 43.2 Å². The Morgan fingerprint density at radius 1 is 1.17 bits per heavy atom. The van der Waals surface area contributed by atoms with Gasteiger partial charge in [0.1, 0.15) is 11.5 Å². The first-order valence-electron chi connectivity index (χ1n) is 7.90. The van der Waals surface area contributed by atoms with Gasteiger partial charge in [0.15, 0.2) is 0 Å². The normalized spacial score (nSPS) is 13.5. The SMILES string of the molecule is COc1ccc(OC)c(CN(C(=O)c2ccccc2Cl)C2CC2)c1. The Morgan fingerprint density at radius 3 is 2.54 bits per heavy atom. The van der Waals surface area contributed by atoms with E-state index in [1.165, 1.54) is 0 Å². The first-order chi connectivity index (χ1) is 11.6. The average molecular weight is 346 g/mol. The number of hydrogen-bond donors (Lipinski definition) is 0. The van der Waals surface area contributed by atoms with Gasteiger partial charge in [0.25, 0.3) is 5.91 Å². The van der Waals surface area contributed by atoms with Crippen molar-refractivity contribution in [2.75, 3.05) is 14.2 Å². The third-order valence-electron chi connectivity index (χ3n) is 4.18. The predicted molar refractivity (Wildman–Crippen MR) is 93.9 cm³/mol. The van der Waals surface area contributed by atoms with E-state index in [0.717, 1.165) is 29.9 Å². The Balaban J connectivity index is 1.90. The summed E-state index contributed by atoms with van der Waals surface area (Å²) in [6, 6.07) is 13.0. The smallest absolute Gasteiger partial charge is 0.255 e. The van der Waals surface area contributed by atoms with Crippen LogP contribution < -0.4 is 9.47 Å². The van der Waals surface area contributed by atoms with Gasteiger partial charge in [0.2, 0.25) is 0 Å². The first kappa shape index (κ1) is 16.7. The number of carbonyl (C=O) groups is 1. The molecule has 0 atom stereocenters. The molecular weight excluding hydrogens is 326 g/mol. The highest BCUT2D eigenvalue weighted by molar-refractivity contribution is 6.33. The van der Waals surface area contributed by atoms with E-state index in [4.69, 9.17) is 21.1 Å². The van der Waals surface area contributed by atoms with Crippen LogP contribution in [0, 0.1) is 0 Å². The van der Waals surface area contributed by atoms with Crippen LogP contribution >= 0.6 is 11.6 Å². The van der Waals surface area contributed by atoms with Crippen molar-refractivity contribution in [2.24, 2.45) is 0 Å². The quantitative estimate of drug-likeness (QED) is 0.789. The third kappa shape index (κ3) is 3.49. The minimum absolute atomic E-state index is 0.0482. The molecule has 0 heterocycles. The second kappa shape index (κ2) is 7.14. The van der Waals surface area contributed by atoms with Crippen LogP contribution in [0.25, 0.3) is 0 Å². The van der Waals surface area contributed by atoms with Gasteiger partial charge in [-0.25, -0.2) is 0 Å². The lowest BCUT2D eigenvalue weighted by molar-refractivity contribution is 0.0729. The summed E-state index contributed by atoms with van der Waals surface area (Å²) >= 11 is 6.21. The van der Waals surface area contributed by atoms with Crippen LogP contribution in [0.1, 0.15) is 28.8 Å². The summed E-state index contributed by atoms with van der Waals surface area (Å²) in [5, 5.41) is 0.478. The van der Waals surface area contributed by atoms with Gasteiger partial charge in [0, 0.05) is 11.6 Å². The number of ether oxygens (including phenoxy) is 2. The molecule has 4 nitrogen and oxygen atoms in total. The number of nitrogens with zero attached hydrogens (tertiary/aromatic N) is 1. The molecule has 1 amide bonds. The van der Waals surface area contributed by atoms with Crippen molar-refractivity contribution in [2.45, 2.75) is 25.4 Å². The highest BCUT2D eigenvalue weighted by Crippen LogP contribution is 2.33. The van der Waals surface area contributed by atoms with E-state index in [2.05, 4.69) is 0 Å². The molecule has 5 heteroatoms. The molecule has 0 spiro atoms. The van der Waals surface area contributed by atoms with Crippen LogP contribution in [0.4, 0.5) is 0 Å². The van der Waals surface area contributed by atoms with Gasteiger partial charge in [0.05, 0.1) is 31.4 Å². The molecule has 24 heavy (non-hydrogen) atoms. The Labute approximate surface area is 146 Å². The zero-order valence-electron chi connectivity index (χ0n) is 13.8. The molecule has 2 aromatic rings. The summed E-state index contributed by atoms with van der Waals surface area (Å²) in [5.41, 5.74) is 1.46. The molecule has 0 saturated heterocycles. The number of carbonyl (C=O) groups excluding carboxylic acids is 1. The summed E-state index contributed by atoms with van der Waals surface area (Å²) in [5.74, 6) is 1.44. The van der Waals surface area contributed by atoms with E-state index in [9.17, 15) is 4.79 Å². The van der Waals surface area contributed by atoms with Gasteiger partial charge in [-0.1, -0.05) is 23.7 Å². The number of amides is 1. The van der Waals surface area contributed by atoms with Crippen LogP contribution in [0.15, 0.2) is 42.5 Å².